The van der Waals surface area contributed by atoms with Crippen LogP contribution in [0.3, 0.4) is 0 Å². The molecule has 2 aliphatic rings. The summed E-state index contributed by atoms with van der Waals surface area (Å²) in [5.41, 5.74) is 8.64. The van der Waals surface area contributed by atoms with E-state index in [9.17, 15) is 4.79 Å². The number of nitrogens with zero attached hydrogens (tertiary/aromatic N) is 1. The lowest BCUT2D eigenvalue weighted by atomic mass is 9.79. The second-order valence-electron chi connectivity index (χ2n) is 9.54. The van der Waals surface area contributed by atoms with Gasteiger partial charge in [-0.1, -0.05) is 27.7 Å². The maximum absolute atomic E-state index is 12.7. The zero-order valence-electron chi connectivity index (χ0n) is 19.3. The van der Waals surface area contributed by atoms with Gasteiger partial charge in [-0.2, -0.15) is 0 Å². The number of hydrogen-bond acceptors (Lipinski definition) is 6. The summed E-state index contributed by atoms with van der Waals surface area (Å²) in [6.07, 6.45) is 2.70. The molecule has 30 heavy (non-hydrogen) atoms. The van der Waals surface area contributed by atoms with E-state index in [0.29, 0.717) is 11.8 Å². The van der Waals surface area contributed by atoms with Crippen molar-refractivity contribution in [1.29, 1.82) is 0 Å². The van der Waals surface area contributed by atoms with Crippen molar-refractivity contribution in [3.8, 4) is 11.5 Å². The van der Waals surface area contributed by atoms with Crippen molar-refractivity contribution >= 4 is 5.97 Å². The lowest BCUT2D eigenvalue weighted by Gasteiger charge is -2.47. The summed E-state index contributed by atoms with van der Waals surface area (Å²) >= 11 is 0. The summed E-state index contributed by atoms with van der Waals surface area (Å²) in [5.74, 6) is 2.18. The molecule has 2 heterocycles. The van der Waals surface area contributed by atoms with E-state index in [1.165, 1.54) is 11.1 Å². The molecule has 0 saturated carbocycles. The van der Waals surface area contributed by atoms with Crippen molar-refractivity contribution < 1.29 is 19.0 Å². The minimum absolute atomic E-state index is 0.0632. The third kappa shape index (κ3) is 4.75. The predicted molar refractivity (Wildman–Crippen MR) is 118 cm³/mol. The van der Waals surface area contributed by atoms with E-state index in [0.717, 1.165) is 43.9 Å². The van der Waals surface area contributed by atoms with Gasteiger partial charge in [-0.15, -0.1) is 0 Å². The highest BCUT2D eigenvalue weighted by Crippen LogP contribution is 2.44. The number of methoxy groups -OCH3 is 2. The van der Waals surface area contributed by atoms with Gasteiger partial charge in [-0.05, 0) is 47.9 Å². The molecule has 0 radical (unpaired) electrons. The molecule has 0 aromatic heterocycles. The maximum Gasteiger partial charge on any atom is 0.323 e. The Morgan fingerprint density at radius 2 is 1.83 bits per heavy atom. The Labute approximate surface area is 181 Å². The lowest BCUT2D eigenvalue weighted by molar-refractivity contribution is -0.160. The molecule has 168 valence electrons. The van der Waals surface area contributed by atoms with Crippen molar-refractivity contribution in [3.63, 3.8) is 0 Å². The smallest absolute Gasteiger partial charge is 0.323 e. The van der Waals surface area contributed by atoms with Crippen LogP contribution in [-0.2, 0) is 16.0 Å². The molecule has 0 aliphatic carbocycles. The van der Waals surface area contributed by atoms with Gasteiger partial charge in [0.2, 0.25) is 0 Å². The minimum atomic E-state index is -0.578. The van der Waals surface area contributed by atoms with Crippen molar-refractivity contribution in [2.24, 2.45) is 23.5 Å². The Bertz CT molecular complexity index is 749. The van der Waals surface area contributed by atoms with E-state index in [-0.39, 0.29) is 24.0 Å². The first-order valence-corrected chi connectivity index (χ1v) is 11.2. The molecule has 1 aromatic rings. The summed E-state index contributed by atoms with van der Waals surface area (Å²) in [6, 6.07) is 3.84. The van der Waals surface area contributed by atoms with E-state index in [1.54, 1.807) is 14.2 Å². The van der Waals surface area contributed by atoms with Crippen molar-refractivity contribution in [1.82, 2.24) is 4.90 Å². The highest BCUT2D eigenvalue weighted by molar-refractivity contribution is 5.76. The molecule has 0 unspecified atom stereocenters. The number of carbonyl (C=O) groups is 1. The Hall–Kier alpha value is -1.79. The molecular weight excluding hydrogens is 380 g/mol. The highest BCUT2D eigenvalue weighted by atomic mass is 16.5. The first-order chi connectivity index (χ1) is 14.2. The average Bonchev–Trinajstić information content (AvgIpc) is 2.71. The number of esters is 1. The second kappa shape index (κ2) is 9.56. The molecule has 3 rings (SSSR count). The third-order valence-corrected chi connectivity index (χ3v) is 6.60. The Morgan fingerprint density at radius 3 is 2.43 bits per heavy atom. The number of rotatable bonds is 7. The van der Waals surface area contributed by atoms with E-state index in [2.05, 4.69) is 30.9 Å². The van der Waals surface area contributed by atoms with Crippen LogP contribution in [0.1, 0.15) is 57.7 Å². The molecule has 1 fully saturated rings. The molecule has 6 nitrogen and oxygen atoms in total. The molecule has 2 N–H and O–H groups in total. The zero-order valence-corrected chi connectivity index (χ0v) is 19.3. The fourth-order valence-corrected chi connectivity index (χ4v) is 4.88. The average molecular weight is 419 g/mol. The van der Waals surface area contributed by atoms with Crippen LogP contribution in [-0.4, -0.2) is 50.3 Å². The fourth-order valence-electron chi connectivity index (χ4n) is 4.88. The van der Waals surface area contributed by atoms with Gasteiger partial charge in [0, 0.05) is 31.5 Å². The van der Waals surface area contributed by atoms with Gasteiger partial charge in [0.05, 0.1) is 14.2 Å². The van der Waals surface area contributed by atoms with Crippen LogP contribution in [0.4, 0.5) is 0 Å². The van der Waals surface area contributed by atoms with Crippen LogP contribution in [0.15, 0.2) is 12.1 Å². The summed E-state index contributed by atoms with van der Waals surface area (Å²) in [7, 11) is 3.34. The van der Waals surface area contributed by atoms with E-state index in [1.807, 2.05) is 13.8 Å². The van der Waals surface area contributed by atoms with Gasteiger partial charge < -0.3 is 19.9 Å². The summed E-state index contributed by atoms with van der Waals surface area (Å²) in [4.78, 5) is 15.2. The van der Waals surface area contributed by atoms with Gasteiger partial charge in [0.25, 0.3) is 0 Å². The number of benzene rings is 1. The number of piperidine rings is 1. The van der Waals surface area contributed by atoms with Crippen molar-refractivity contribution in [2.45, 2.75) is 65.1 Å². The number of carbonyl (C=O) groups excluding carboxylic acids is 1. The Balaban J connectivity index is 1.88. The van der Waals surface area contributed by atoms with E-state index < -0.39 is 6.04 Å². The lowest BCUT2D eigenvalue weighted by Crippen LogP contribution is -2.51. The van der Waals surface area contributed by atoms with E-state index >= 15 is 0 Å². The van der Waals surface area contributed by atoms with Crippen LogP contribution >= 0.6 is 0 Å². The topological polar surface area (TPSA) is 74.0 Å². The van der Waals surface area contributed by atoms with Crippen LogP contribution in [0.2, 0.25) is 0 Å². The summed E-state index contributed by atoms with van der Waals surface area (Å²) in [6.45, 7) is 10.3. The molecule has 0 amide bonds. The van der Waals surface area contributed by atoms with Crippen LogP contribution in [0.5, 0.6) is 11.5 Å². The number of fused-ring (bicyclic) bond motifs is 3. The Morgan fingerprint density at radius 1 is 1.17 bits per heavy atom. The minimum Gasteiger partial charge on any atom is -0.493 e. The predicted octanol–water partition coefficient (Wildman–Crippen LogP) is 3.56. The standard InChI is InChI=1S/C24H38N2O4/c1-14(2)9-17-13-26-8-7-16-10-21(28-5)22(29-6)11-18(16)19(26)12-20(17)30-24(27)23(25)15(3)4/h10-11,14-15,17,19-20,23H,7-9,12-13,25H2,1-6H3/t17-,19-,20+,23-/m1/s1. The van der Waals surface area contributed by atoms with Gasteiger partial charge in [-0.25, -0.2) is 0 Å². The third-order valence-electron chi connectivity index (χ3n) is 6.60. The normalized spacial score (nSPS) is 24.9. The molecule has 1 saturated heterocycles. The SMILES string of the molecule is COc1cc2c(cc1OC)[C@H]1C[C@H](OC(=O)[C@H](N)C(C)C)[C@H](CC(C)C)CN1CC2. The maximum atomic E-state index is 12.7. The second-order valence-corrected chi connectivity index (χ2v) is 9.54. The molecule has 0 spiro atoms. The van der Waals surface area contributed by atoms with E-state index in [4.69, 9.17) is 19.9 Å². The summed E-state index contributed by atoms with van der Waals surface area (Å²) < 4.78 is 17.1. The van der Waals surface area contributed by atoms with Crippen LogP contribution < -0.4 is 15.2 Å². The molecule has 6 heteroatoms. The largest absolute Gasteiger partial charge is 0.493 e. The zero-order chi connectivity index (χ0) is 22.0. The van der Waals surface area contributed by atoms with Gasteiger partial charge in [-0.3, -0.25) is 9.69 Å². The first kappa shape index (κ1) is 22.9. The molecule has 2 aliphatic heterocycles. The van der Waals surface area contributed by atoms with Crippen molar-refractivity contribution in [3.05, 3.63) is 23.3 Å². The highest BCUT2D eigenvalue weighted by Gasteiger charge is 2.41. The first-order valence-electron chi connectivity index (χ1n) is 11.2. The Kier molecular flexibility index (Phi) is 7.30. The molecule has 0 bridgehead atoms. The van der Waals surface area contributed by atoms with Crippen molar-refractivity contribution in [2.75, 3.05) is 27.3 Å². The molecular formula is C24H38N2O4. The fraction of sp³-hybridized carbons (Fsp3) is 0.708. The van der Waals surface area contributed by atoms with Gasteiger partial charge in [0.1, 0.15) is 12.1 Å². The van der Waals surface area contributed by atoms with Gasteiger partial charge in [0.15, 0.2) is 11.5 Å². The van der Waals surface area contributed by atoms with Crippen LogP contribution in [0, 0.1) is 17.8 Å². The quantitative estimate of drug-likeness (QED) is 0.683. The summed E-state index contributed by atoms with van der Waals surface area (Å²) in [5, 5.41) is 0. The number of hydrogen-bond donors (Lipinski definition) is 1. The molecule has 4 atom stereocenters. The number of ether oxygens (including phenoxy) is 3. The van der Waals surface area contributed by atoms with Crippen LogP contribution in [0.25, 0.3) is 0 Å². The number of nitrogens with two attached hydrogens (primary N) is 1. The monoisotopic (exact) mass is 418 g/mol. The molecule has 1 aromatic carbocycles. The van der Waals surface area contributed by atoms with Gasteiger partial charge >= 0.3 is 5.97 Å².